The highest BCUT2D eigenvalue weighted by molar-refractivity contribution is 5.54. The predicted octanol–water partition coefficient (Wildman–Crippen LogP) is 4.76. The van der Waals surface area contributed by atoms with Gasteiger partial charge in [0.15, 0.2) is 0 Å². The van der Waals surface area contributed by atoms with Crippen molar-refractivity contribution in [2.45, 2.75) is 51.6 Å². The van der Waals surface area contributed by atoms with Crippen molar-refractivity contribution in [2.24, 2.45) is 0 Å². The number of hydrogen-bond acceptors (Lipinski definition) is 7. The molecule has 1 fully saturated rings. The third-order valence-electron chi connectivity index (χ3n) is 5.35. The lowest BCUT2D eigenvalue weighted by Gasteiger charge is -2.34. The largest absolute Gasteiger partial charge is 0.465 e. The third kappa shape index (κ3) is 4.84. The number of nitriles is 1. The minimum absolute atomic E-state index is 0.247. The zero-order chi connectivity index (χ0) is 20.8. The van der Waals surface area contributed by atoms with Gasteiger partial charge in [0.2, 0.25) is 0 Å². The molecule has 3 aromatic rings. The molecule has 1 N–H and O–H groups in total. The highest BCUT2D eigenvalue weighted by Crippen LogP contribution is 2.31. The summed E-state index contributed by atoms with van der Waals surface area (Å²) in [6.07, 6.45) is 10.8. The van der Waals surface area contributed by atoms with Crippen molar-refractivity contribution in [3.8, 4) is 6.07 Å². The van der Waals surface area contributed by atoms with Gasteiger partial charge >= 0.3 is 0 Å². The average molecular weight is 403 g/mol. The van der Waals surface area contributed by atoms with Crippen LogP contribution >= 0.6 is 0 Å². The Hall–Kier alpha value is -3.24. The van der Waals surface area contributed by atoms with Gasteiger partial charge in [-0.25, -0.2) is 9.97 Å². The second-order valence-corrected chi connectivity index (χ2v) is 7.60. The second-order valence-electron chi connectivity index (χ2n) is 7.60. The fourth-order valence-electron chi connectivity index (χ4n) is 3.86. The highest BCUT2D eigenvalue weighted by atomic mass is 16.3. The van der Waals surface area contributed by atoms with Gasteiger partial charge in [-0.2, -0.15) is 5.26 Å². The number of nitrogens with one attached hydrogen (secondary N) is 1. The summed E-state index contributed by atoms with van der Waals surface area (Å²) in [5, 5.41) is 12.0. The van der Waals surface area contributed by atoms with E-state index in [0.29, 0.717) is 11.5 Å². The van der Waals surface area contributed by atoms with Crippen molar-refractivity contribution in [2.75, 3.05) is 11.9 Å². The van der Waals surface area contributed by atoms with Crippen molar-refractivity contribution in [3.63, 3.8) is 0 Å². The lowest BCUT2D eigenvalue weighted by atomic mass is 9.99. The van der Waals surface area contributed by atoms with E-state index in [1.165, 1.54) is 12.8 Å². The van der Waals surface area contributed by atoms with Gasteiger partial charge in [-0.1, -0.05) is 13.3 Å². The third-order valence-corrected chi connectivity index (χ3v) is 5.35. The molecule has 1 aliphatic heterocycles. The molecule has 0 saturated carbocycles. The van der Waals surface area contributed by atoms with Crippen LogP contribution in [0.3, 0.4) is 0 Å². The van der Waals surface area contributed by atoms with Crippen molar-refractivity contribution in [3.05, 3.63) is 65.8 Å². The van der Waals surface area contributed by atoms with Gasteiger partial charge in [-0.05, 0) is 50.1 Å². The summed E-state index contributed by atoms with van der Waals surface area (Å²) >= 11 is 0. The first kappa shape index (κ1) is 20.0. The Balaban J connectivity index is 1.43. The summed E-state index contributed by atoms with van der Waals surface area (Å²) in [5.41, 5.74) is 2.15. The number of pyridine rings is 1. The van der Waals surface area contributed by atoms with E-state index in [-0.39, 0.29) is 6.04 Å². The zero-order valence-corrected chi connectivity index (χ0v) is 17.2. The van der Waals surface area contributed by atoms with Gasteiger partial charge in [0.1, 0.15) is 29.1 Å². The Morgan fingerprint density at radius 1 is 1.10 bits per heavy atom. The van der Waals surface area contributed by atoms with E-state index < -0.39 is 0 Å². The van der Waals surface area contributed by atoms with E-state index >= 15 is 0 Å². The van der Waals surface area contributed by atoms with Crippen LogP contribution in [0.25, 0.3) is 0 Å². The Morgan fingerprint density at radius 3 is 2.73 bits per heavy atom. The van der Waals surface area contributed by atoms with Gasteiger partial charge in [-0.15, -0.1) is 0 Å². The molecule has 7 heteroatoms. The zero-order valence-electron chi connectivity index (χ0n) is 17.2. The monoisotopic (exact) mass is 402 g/mol. The summed E-state index contributed by atoms with van der Waals surface area (Å²) in [6.45, 7) is 4.00. The molecular formula is C23H26N6O. The maximum atomic E-state index is 8.85. The molecule has 0 aromatic carbocycles. The number of piperidine rings is 1. The number of nitrogens with zero attached hydrogens (tertiary/aromatic N) is 5. The summed E-state index contributed by atoms with van der Waals surface area (Å²) in [4.78, 5) is 15.7. The molecule has 0 amide bonds. The minimum Gasteiger partial charge on any atom is -0.465 e. The van der Waals surface area contributed by atoms with E-state index in [2.05, 4.69) is 44.2 Å². The Kier molecular flexibility index (Phi) is 6.35. The maximum absolute atomic E-state index is 8.85. The highest BCUT2D eigenvalue weighted by Gasteiger charge is 2.26. The van der Waals surface area contributed by atoms with Crippen LogP contribution in [0.4, 0.5) is 11.5 Å². The van der Waals surface area contributed by atoms with E-state index in [0.717, 1.165) is 55.3 Å². The van der Waals surface area contributed by atoms with Gasteiger partial charge in [0.05, 0.1) is 42.6 Å². The maximum Gasteiger partial charge on any atom is 0.148 e. The van der Waals surface area contributed by atoms with Crippen LogP contribution in [0.15, 0.2) is 47.3 Å². The average Bonchev–Trinajstić information content (AvgIpc) is 3.22. The van der Waals surface area contributed by atoms with E-state index in [9.17, 15) is 0 Å². The van der Waals surface area contributed by atoms with Gasteiger partial charge < -0.3 is 9.73 Å². The molecule has 1 aliphatic rings. The molecule has 4 heterocycles. The topological polar surface area (TPSA) is 90.9 Å². The molecule has 4 rings (SSSR count). The van der Waals surface area contributed by atoms with Gasteiger partial charge in [0, 0.05) is 6.42 Å². The van der Waals surface area contributed by atoms with E-state index in [1.807, 2.05) is 12.3 Å². The lowest BCUT2D eigenvalue weighted by Crippen LogP contribution is -2.33. The molecular weight excluding hydrogens is 376 g/mol. The Bertz CT molecular complexity index is 990. The van der Waals surface area contributed by atoms with Crippen molar-refractivity contribution in [1.82, 2.24) is 19.9 Å². The van der Waals surface area contributed by atoms with E-state index in [4.69, 9.17) is 9.68 Å². The second kappa shape index (κ2) is 9.51. The van der Waals surface area contributed by atoms with Crippen molar-refractivity contribution in [1.29, 1.82) is 5.26 Å². The van der Waals surface area contributed by atoms with Crippen molar-refractivity contribution < 1.29 is 4.42 Å². The number of hydrogen-bond donors (Lipinski definition) is 1. The molecule has 0 aliphatic carbocycles. The lowest BCUT2D eigenvalue weighted by molar-refractivity contribution is 0.126. The van der Waals surface area contributed by atoms with Crippen LogP contribution < -0.4 is 5.32 Å². The number of rotatable bonds is 7. The van der Waals surface area contributed by atoms with Gasteiger partial charge in [-0.3, -0.25) is 9.88 Å². The number of aryl methyl sites for hydroxylation is 1. The molecule has 0 bridgehead atoms. The molecule has 0 spiro atoms. The van der Waals surface area contributed by atoms with Crippen LogP contribution in [0.5, 0.6) is 0 Å². The van der Waals surface area contributed by atoms with Crippen LogP contribution in [0.1, 0.15) is 61.6 Å². The minimum atomic E-state index is 0.247. The van der Waals surface area contributed by atoms with Crippen LogP contribution in [0, 0.1) is 11.3 Å². The normalized spacial score (nSPS) is 16.9. The summed E-state index contributed by atoms with van der Waals surface area (Å²) in [6, 6.07) is 9.93. The van der Waals surface area contributed by atoms with E-state index in [1.54, 1.807) is 24.5 Å². The summed E-state index contributed by atoms with van der Waals surface area (Å²) in [7, 11) is 0. The summed E-state index contributed by atoms with van der Waals surface area (Å²) < 4.78 is 6.00. The number of furan rings is 1. The molecule has 0 radical (unpaired) electrons. The fraction of sp³-hybridized carbons (Fsp3) is 0.391. The van der Waals surface area contributed by atoms with Crippen LogP contribution in [-0.2, 0) is 13.0 Å². The molecule has 7 nitrogen and oxygen atoms in total. The van der Waals surface area contributed by atoms with Crippen LogP contribution in [-0.4, -0.2) is 26.4 Å². The molecule has 1 atom stereocenters. The summed E-state index contributed by atoms with van der Waals surface area (Å²) in [5.74, 6) is 2.74. The fourth-order valence-corrected chi connectivity index (χ4v) is 3.86. The molecule has 30 heavy (non-hydrogen) atoms. The molecule has 154 valence electrons. The number of anilines is 2. The first-order chi connectivity index (χ1) is 14.7. The number of likely N-dealkylation sites (tertiary alicyclic amines) is 1. The molecule has 1 saturated heterocycles. The molecule has 3 aromatic heterocycles. The quantitative estimate of drug-likeness (QED) is 0.609. The SMILES string of the molecule is CCCc1ccc(CN2CCCC[C@@H]2c2cnc(Nc3ccc(C#N)nc3)cn2)o1. The first-order valence-electron chi connectivity index (χ1n) is 10.5. The first-order valence-corrected chi connectivity index (χ1v) is 10.5. The smallest absolute Gasteiger partial charge is 0.148 e. The van der Waals surface area contributed by atoms with Crippen LogP contribution in [0.2, 0.25) is 0 Å². The number of aromatic nitrogens is 3. The predicted molar refractivity (Wildman–Crippen MR) is 114 cm³/mol. The Labute approximate surface area is 176 Å². The van der Waals surface area contributed by atoms with Gasteiger partial charge in [0.25, 0.3) is 0 Å². The standard InChI is InChI=1S/C23H26N6O/c1-2-5-19-9-10-20(30-19)16-29-11-4-3-6-22(29)21-14-27-23(15-26-21)28-18-8-7-17(12-24)25-13-18/h7-10,13-15,22H,2-6,11,16H2,1H3,(H,27,28)/t22-/m1/s1. The van der Waals surface area contributed by atoms with Crippen molar-refractivity contribution >= 4 is 11.5 Å². The molecule has 0 unspecified atom stereocenters. The Morgan fingerprint density at radius 2 is 2.00 bits per heavy atom.